The molecule has 0 saturated carbocycles. The van der Waals surface area contributed by atoms with Gasteiger partial charge in [0.1, 0.15) is 11.4 Å². The Kier molecular flexibility index (Phi) is 5.38. The number of pyridine rings is 1. The van der Waals surface area contributed by atoms with Gasteiger partial charge >= 0.3 is 0 Å². The van der Waals surface area contributed by atoms with Crippen LogP contribution in [-0.4, -0.2) is 34.9 Å². The first-order valence-corrected chi connectivity index (χ1v) is 7.56. The lowest BCUT2D eigenvalue weighted by Crippen LogP contribution is -2.36. The molecular formula is C15H22N4OS. The van der Waals surface area contributed by atoms with Gasteiger partial charge in [-0.2, -0.15) is 0 Å². The van der Waals surface area contributed by atoms with Crippen LogP contribution in [-0.2, 0) is 13.5 Å². The lowest BCUT2D eigenvalue weighted by molar-refractivity contribution is 0.413. The van der Waals surface area contributed by atoms with E-state index in [1.165, 1.54) is 5.56 Å². The van der Waals surface area contributed by atoms with Crippen molar-refractivity contribution in [3.63, 3.8) is 0 Å². The van der Waals surface area contributed by atoms with Gasteiger partial charge in [-0.25, -0.2) is 4.98 Å². The quantitative estimate of drug-likeness (QED) is 0.800. The summed E-state index contributed by atoms with van der Waals surface area (Å²) in [6.07, 6.45) is 5.81. The van der Waals surface area contributed by atoms with Crippen LogP contribution >= 0.6 is 12.2 Å². The Morgan fingerprint density at radius 2 is 2.14 bits per heavy atom. The topological polar surface area (TPSA) is 51.1 Å². The first-order valence-electron chi connectivity index (χ1n) is 7.15. The van der Waals surface area contributed by atoms with E-state index in [1.807, 2.05) is 17.7 Å². The monoisotopic (exact) mass is 306 g/mol. The molecule has 2 aromatic heterocycles. The maximum atomic E-state index is 5.26. The van der Waals surface area contributed by atoms with Crippen molar-refractivity contribution in [1.29, 1.82) is 0 Å². The summed E-state index contributed by atoms with van der Waals surface area (Å²) in [5.41, 5.74) is 2.21. The van der Waals surface area contributed by atoms with Crippen LogP contribution in [0.1, 0.15) is 18.9 Å². The van der Waals surface area contributed by atoms with E-state index in [0.29, 0.717) is 5.11 Å². The second-order valence-corrected chi connectivity index (χ2v) is 5.35. The molecule has 114 valence electrons. The molecule has 0 spiro atoms. The van der Waals surface area contributed by atoms with Crippen LogP contribution in [0.4, 0.5) is 0 Å². The maximum Gasteiger partial charge on any atom is 0.166 e. The molecule has 0 saturated heterocycles. The zero-order valence-corrected chi connectivity index (χ0v) is 13.6. The van der Waals surface area contributed by atoms with Crippen molar-refractivity contribution < 1.29 is 4.74 Å². The van der Waals surface area contributed by atoms with Crippen molar-refractivity contribution in [2.24, 2.45) is 7.05 Å². The molecular weight excluding hydrogens is 284 g/mol. The Morgan fingerprint density at radius 1 is 1.38 bits per heavy atom. The average Bonchev–Trinajstić information content (AvgIpc) is 2.81. The zero-order valence-electron chi connectivity index (χ0n) is 12.8. The fourth-order valence-electron chi connectivity index (χ4n) is 2.24. The Labute approximate surface area is 130 Å². The normalized spacial score (nSPS) is 10.6. The summed E-state index contributed by atoms with van der Waals surface area (Å²) < 4.78 is 7.29. The van der Waals surface area contributed by atoms with E-state index in [9.17, 15) is 0 Å². The number of rotatable bonds is 6. The summed E-state index contributed by atoms with van der Waals surface area (Å²) in [7, 11) is 3.66. The van der Waals surface area contributed by atoms with Gasteiger partial charge in [0.25, 0.3) is 0 Å². The second-order valence-electron chi connectivity index (χ2n) is 4.94. The molecule has 5 nitrogen and oxygen atoms in total. The van der Waals surface area contributed by atoms with Gasteiger partial charge in [-0.05, 0) is 36.7 Å². The molecule has 0 fully saturated rings. The van der Waals surface area contributed by atoms with Crippen molar-refractivity contribution >= 4 is 28.4 Å². The third-order valence-electron chi connectivity index (χ3n) is 3.32. The van der Waals surface area contributed by atoms with E-state index >= 15 is 0 Å². The summed E-state index contributed by atoms with van der Waals surface area (Å²) in [6, 6.07) is 2.03. The van der Waals surface area contributed by atoms with Crippen LogP contribution in [0.2, 0.25) is 0 Å². The summed E-state index contributed by atoms with van der Waals surface area (Å²) in [4.78, 5) is 4.44. The van der Waals surface area contributed by atoms with E-state index in [1.54, 1.807) is 13.3 Å². The molecule has 2 N–H and O–H groups in total. The van der Waals surface area contributed by atoms with Gasteiger partial charge in [-0.1, -0.05) is 6.92 Å². The highest BCUT2D eigenvalue weighted by atomic mass is 32.1. The van der Waals surface area contributed by atoms with Gasteiger partial charge in [0.05, 0.1) is 13.3 Å². The highest BCUT2D eigenvalue weighted by molar-refractivity contribution is 7.80. The number of nitrogens with one attached hydrogen (secondary N) is 2. The molecule has 0 aromatic carbocycles. The summed E-state index contributed by atoms with van der Waals surface area (Å²) in [5.74, 6) is 0.781. The van der Waals surface area contributed by atoms with E-state index in [-0.39, 0.29) is 0 Å². The van der Waals surface area contributed by atoms with Gasteiger partial charge < -0.3 is 19.9 Å². The highest BCUT2D eigenvalue weighted by Crippen LogP contribution is 2.23. The van der Waals surface area contributed by atoms with Gasteiger partial charge in [0.15, 0.2) is 5.11 Å². The molecule has 0 aliphatic rings. The van der Waals surface area contributed by atoms with Crippen LogP contribution < -0.4 is 15.4 Å². The smallest absolute Gasteiger partial charge is 0.166 e. The van der Waals surface area contributed by atoms with Gasteiger partial charge in [-0.15, -0.1) is 0 Å². The first kappa shape index (κ1) is 15.6. The van der Waals surface area contributed by atoms with Crippen molar-refractivity contribution in [3.8, 4) is 5.75 Å². The number of nitrogens with zero attached hydrogens (tertiary/aromatic N) is 2. The molecule has 21 heavy (non-hydrogen) atoms. The summed E-state index contributed by atoms with van der Waals surface area (Å²) in [6.45, 7) is 3.82. The van der Waals surface area contributed by atoms with Crippen molar-refractivity contribution in [1.82, 2.24) is 20.2 Å². The third-order valence-corrected chi connectivity index (χ3v) is 3.61. The van der Waals surface area contributed by atoms with E-state index < -0.39 is 0 Å². The molecule has 0 unspecified atom stereocenters. The molecule has 0 amide bonds. The number of hydrogen-bond acceptors (Lipinski definition) is 3. The van der Waals surface area contributed by atoms with Gasteiger partial charge in [0, 0.05) is 31.7 Å². The van der Waals surface area contributed by atoms with E-state index in [4.69, 9.17) is 17.0 Å². The molecule has 0 aliphatic carbocycles. The predicted molar refractivity (Wildman–Crippen MR) is 89.9 cm³/mol. The fraction of sp³-hybridized carbons (Fsp3) is 0.467. The Hall–Kier alpha value is -1.82. The number of aryl methyl sites for hydroxylation is 1. The number of ether oxygens (including phenoxy) is 1. The second kappa shape index (κ2) is 7.26. The molecule has 2 heterocycles. The van der Waals surface area contributed by atoms with Gasteiger partial charge in [-0.3, -0.25) is 0 Å². The minimum Gasteiger partial charge on any atom is -0.495 e. The van der Waals surface area contributed by atoms with Crippen LogP contribution in [0.5, 0.6) is 5.75 Å². The van der Waals surface area contributed by atoms with Gasteiger partial charge in [0.2, 0.25) is 0 Å². The summed E-state index contributed by atoms with van der Waals surface area (Å²) >= 11 is 5.22. The SMILES string of the molecule is CCCNC(=S)NCCc1cn(C)c2ncc(OC)cc12. The first-order chi connectivity index (χ1) is 10.2. The zero-order chi connectivity index (χ0) is 15.2. The number of hydrogen-bond donors (Lipinski definition) is 2. The number of fused-ring (bicyclic) bond motifs is 1. The van der Waals surface area contributed by atoms with Crippen LogP contribution in [0, 0.1) is 0 Å². The van der Waals surface area contributed by atoms with Crippen molar-refractivity contribution in [3.05, 3.63) is 24.0 Å². The standard InChI is InChI=1S/C15H22N4OS/c1-4-6-16-15(21)17-7-5-11-10-19(2)14-13(11)8-12(20-3)9-18-14/h8-10H,4-7H2,1-3H3,(H2,16,17,21). The highest BCUT2D eigenvalue weighted by Gasteiger charge is 2.09. The fourth-order valence-corrected chi connectivity index (χ4v) is 2.45. The minimum atomic E-state index is 0.716. The lowest BCUT2D eigenvalue weighted by atomic mass is 10.1. The number of thiocarbonyl (C=S) groups is 1. The maximum absolute atomic E-state index is 5.26. The predicted octanol–water partition coefficient (Wildman–Crippen LogP) is 2.00. The lowest BCUT2D eigenvalue weighted by Gasteiger charge is -2.09. The molecule has 0 atom stereocenters. The van der Waals surface area contributed by atoms with Crippen molar-refractivity contribution in [2.45, 2.75) is 19.8 Å². The largest absolute Gasteiger partial charge is 0.495 e. The minimum absolute atomic E-state index is 0.716. The Balaban J connectivity index is 2.03. The Bertz CT molecular complexity index is 623. The molecule has 2 rings (SSSR count). The van der Waals surface area contributed by atoms with E-state index in [2.05, 4.69) is 28.7 Å². The third kappa shape index (κ3) is 3.85. The molecule has 0 aliphatic heterocycles. The van der Waals surface area contributed by atoms with Crippen molar-refractivity contribution in [2.75, 3.05) is 20.2 Å². The van der Waals surface area contributed by atoms with E-state index in [0.717, 1.165) is 42.7 Å². The Morgan fingerprint density at radius 3 is 2.86 bits per heavy atom. The molecule has 6 heteroatoms. The number of aromatic nitrogens is 2. The average molecular weight is 306 g/mol. The number of methoxy groups -OCH3 is 1. The molecule has 0 radical (unpaired) electrons. The van der Waals surface area contributed by atoms with Crippen LogP contribution in [0.25, 0.3) is 11.0 Å². The molecule has 0 bridgehead atoms. The summed E-state index contributed by atoms with van der Waals surface area (Å²) in [5, 5.41) is 8.24. The van der Waals surface area contributed by atoms with Crippen LogP contribution in [0.3, 0.4) is 0 Å². The van der Waals surface area contributed by atoms with Crippen LogP contribution in [0.15, 0.2) is 18.5 Å². The molecule has 2 aromatic rings.